The number of aliphatic hydroxyl groups excluding tert-OH is 1. The van der Waals surface area contributed by atoms with Crippen LogP contribution in [-0.4, -0.2) is 30.5 Å². The molecule has 2 aliphatic heterocycles. The van der Waals surface area contributed by atoms with Crippen LogP contribution in [0.3, 0.4) is 0 Å². The third-order valence-corrected chi connectivity index (χ3v) is 3.99. The summed E-state index contributed by atoms with van der Waals surface area (Å²) in [6, 6.07) is 5.55. The summed E-state index contributed by atoms with van der Waals surface area (Å²) in [4.78, 5) is 0. The van der Waals surface area contributed by atoms with Gasteiger partial charge in [-0.3, -0.25) is 0 Å². The fourth-order valence-electron chi connectivity index (χ4n) is 2.91. The van der Waals surface area contributed by atoms with Gasteiger partial charge in [0.2, 0.25) is 0 Å². The van der Waals surface area contributed by atoms with Gasteiger partial charge in [0, 0.05) is 18.1 Å². The van der Waals surface area contributed by atoms with E-state index in [1.54, 1.807) is 7.11 Å². The van der Waals surface area contributed by atoms with Crippen molar-refractivity contribution in [2.24, 2.45) is 0 Å². The van der Waals surface area contributed by atoms with Crippen LogP contribution in [0.5, 0.6) is 11.5 Å². The fourth-order valence-corrected chi connectivity index (χ4v) is 2.91. The molecule has 1 N–H and O–H groups in total. The predicted octanol–water partition coefficient (Wildman–Crippen LogP) is 2.45. The normalized spacial score (nSPS) is 33.6. The molecule has 0 radical (unpaired) electrons. The molecule has 4 atom stereocenters. The summed E-state index contributed by atoms with van der Waals surface area (Å²) in [5.74, 6) is 1.46. The zero-order chi connectivity index (χ0) is 13.4. The monoisotopic (exact) mass is 264 g/mol. The highest BCUT2D eigenvalue weighted by atomic mass is 16.6. The Kier molecular flexibility index (Phi) is 3.37. The average molecular weight is 264 g/mol. The molecule has 0 saturated carbocycles. The van der Waals surface area contributed by atoms with Crippen LogP contribution in [0.25, 0.3) is 0 Å². The lowest BCUT2D eigenvalue weighted by molar-refractivity contribution is -0.0466. The number of aliphatic hydroxyl groups is 1. The van der Waals surface area contributed by atoms with Crippen molar-refractivity contribution in [1.29, 1.82) is 0 Å². The molecule has 1 aromatic carbocycles. The topological polar surface area (TPSA) is 47.9 Å². The summed E-state index contributed by atoms with van der Waals surface area (Å²) in [5.41, 5.74) is 0.836. The molecule has 104 valence electrons. The minimum Gasteiger partial charge on any atom is -0.497 e. The second kappa shape index (κ2) is 5.02. The van der Waals surface area contributed by atoms with Crippen molar-refractivity contribution in [1.82, 2.24) is 0 Å². The Morgan fingerprint density at radius 3 is 2.79 bits per heavy atom. The van der Waals surface area contributed by atoms with Crippen LogP contribution in [0.1, 0.15) is 37.9 Å². The van der Waals surface area contributed by atoms with Gasteiger partial charge >= 0.3 is 0 Å². The van der Waals surface area contributed by atoms with Crippen molar-refractivity contribution in [3.05, 3.63) is 23.8 Å². The van der Waals surface area contributed by atoms with E-state index in [1.807, 2.05) is 18.2 Å². The van der Waals surface area contributed by atoms with Crippen LogP contribution >= 0.6 is 0 Å². The van der Waals surface area contributed by atoms with Crippen molar-refractivity contribution in [2.75, 3.05) is 7.11 Å². The Balaban J connectivity index is 1.82. The third-order valence-electron chi connectivity index (χ3n) is 3.99. The van der Waals surface area contributed by atoms with E-state index in [4.69, 9.17) is 14.2 Å². The minimum atomic E-state index is -0.487. The van der Waals surface area contributed by atoms with Gasteiger partial charge in [0.15, 0.2) is 0 Å². The van der Waals surface area contributed by atoms with Gasteiger partial charge in [0.1, 0.15) is 17.6 Å². The molecular weight excluding hydrogens is 244 g/mol. The van der Waals surface area contributed by atoms with Crippen molar-refractivity contribution in [3.8, 4) is 11.5 Å². The maximum absolute atomic E-state index is 10.2. The number of methoxy groups -OCH3 is 1. The van der Waals surface area contributed by atoms with Crippen LogP contribution in [0, 0.1) is 0 Å². The van der Waals surface area contributed by atoms with Crippen LogP contribution in [0.2, 0.25) is 0 Å². The summed E-state index contributed by atoms with van der Waals surface area (Å²) in [7, 11) is 1.63. The van der Waals surface area contributed by atoms with E-state index in [-0.39, 0.29) is 18.3 Å². The number of fused-ring (bicyclic) bond motifs is 1. The van der Waals surface area contributed by atoms with E-state index < -0.39 is 6.10 Å². The van der Waals surface area contributed by atoms with Crippen LogP contribution in [-0.2, 0) is 4.74 Å². The van der Waals surface area contributed by atoms with Gasteiger partial charge in [0.25, 0.3) is 0 Å². The molecular formula is C15H20O4. The van der Waals surface area contributed by atoms with E-state index in [0.29, 0.717) is 12.2 Å². The van der Waals surface area contributed by atoms with Gasteiger partial charge in [-0.05, 0) is 31.9 Å². The molecule has 19 heavy (non-hydrogen) atoms. The second-order valence-corrected chi connectivity index (χ2v) is 5.37. The molecule has 0 spiro atoms. The molecule has 0 amide bonds. The number of rotatable bonds is 2. The van der Waals surface area contributed by atoms with Crippen molar-refractivity contribution < 1.29 is 19.3 Å². The van der Waals surface area contributed by atoms with E-state index in [1.165, 1.54) is 0 Å². The lowest BCUT2D eigenvalue weighted by atomic mass is 9.95. The molecule has 4 nitrogen and oxygen atoms in total. The first kappa shape index (κ1) is 12.8. The van der Waals surface area contributed by atoms with Crippen LogP contribution in [0.4, 0.5) is 0 Å². The van der Waals surface area contributed by atoms with Gasteiger partial charge < -0.3 is 19.3 Å². The maximum Gasteiger partial charge on any atom is 0.129 e. The third kappa shape index (κ3) is 2.42. The predicted molar refractivity (Wildman–Crippen MR) is 70.6 cm³/mol. The first-order chi connectivity index (χ1) is 9.17. The average Bonchev–Trinajstić information content (AvgIpc) is 2.84. The molecule has 0 aliphatic carbocycles. The summed E-state index contributed by atoms with van der Waals surface area (Å²) in [6.07, 6.45) is 2.47. The molecule has 1 aromatic rings. The molecule has 1 saturated heterocycles. The first-order valence-corrected chi connectivity index (χ1v) is 6.85. The standard InChI is InChI=1S/C15H20O4/c1-9-3-6-13(18-9)15-8-12(16)11-5-4-10(17-2)7-14(11)19-15/h4-5,7,9,12-13,15-16H,3,6,8H2,1-2H3/t9?,12-,13?,15?/m0/s1. The van der Waals surface area contributed by atoms with Crippen molar-refractivity contribution in [3.63, 3.8) is 0 Å². The highest BCUT2D eigenvalue weighted by molar-refractivity contribution is 5.43. The molecule has 3 unspecified atom stereocenters. The van der Waals surface area contributed by atoms with E-state index >= 15 is 0 Å². The Bertz CT molecular complexity index is 459. The van der Waals surface area contributed by atoms with Crippen molar-refractivity contribution in [2.45, 2.75) is 50.6 Å². The summed E-state index contributed by atoms with van der Waals surface area (Å²) in [5, 5.41) is 10.2. The van der Waals surface area contributed by atoms with Crippen LogP contribution in [0.15, 0.2) is 18.2 Å². The lowest BCUT2D eigenvalue weighted by Gasteiger charge is -2.33. The molecule has 1 fully saturated rings. The zero-order valence-corrected chi connectivity index (χ0v) is 11.3. The first-order valence-electron chi connectivity index (χ1n) is 6.85. The lowest BCUT2D eigenvalue weighted by Crippen LogP contribution is -2.36. The highest BCUT2D eigenvalue weighted by Crippen LogP contribution is 2.40. The number of benzene rings is 1. The molecule has 3 rings (SSSR count). The van der Waals surface area contributed by atoms with E-state index in [0.717, 1.165) is 24.2 Å². The van der Waals surface area contributed by atoms with Gasteiger partial charge in [0.05, 0.1) is 25.4 Å². The van der Waals surface area contributed by atoms with Crippen molar-refractivity contribution >= 4 is 0 Å². The highest BCUT2D eigenvalue weighted by Gasteiger charge is 2.36. The smallest absolute Gasteiger partial charge is 0.129 e. The maximum atomic E-state index is 10.2. The van der Waals surface area contributed by atoms with Crippen LogP contribution < -0.4 is 9.47 Å². The zero-order valence-electron chi connectivity index (χ0n) is 11.3. The molecule has 4 heteroatoms. The van der Waals surface area contributed by atoms with Gasteiger partial charge in [-0.1, -0.05) is 0 Å². The minimum absolute atomic E-state index is 0.0699. The van der Waals surface area contributed by atoms with Gasteiger partial charge in [-0.2, -0.15) is 0 Å². The Morgan fingerprint density at radius 1 is 1.26 bits per heavy atom. The quantitative estimate of drug-likeness (QED) is 0.891. The SMILES string of the molecule is COc1ccc2c(c1)OC(C1CCC(C)O1)C[C@@H]2O. The van der Waals surface area contributed by atoms with Gasteiger partial charge in [-0.25, -0.2) is 0 Å². The largest absolute Gasteiger partial charge is 0.497 e. The summed E-state index contributed by atoms with van der Waals surface area (Å²) >= 11 is 0. The number of hydrogen-bond acceptors (Lipinski definition) is 4. The molecule has 0 aromatic heterocycles. The Morgan fingerprint density at radius 2 is 2.11 bits per heavy atom. The number of hydrogen-bond donors (Lipinski definition) is 1. The Hall–Kier alpha value is -1.26. The number of ether oxygens (including phenoxy) is 3. The molecule has 2 heterocycles. The summed E-state index contributed by atoms with van der Waals surface area (Å²) in [6.45, 7) is 2.08. The molecule has 0 bridgehead atoms. The fraction of sp³-hybridized carbons (Fsp3) is 0.600. The van der Waals surface area contributed by atoms with Gasteiger partial charge in [-0.15, -0.1) is 0 Å². The van der Waals surface area contributed by atoms with E-state index in [9.17, 15) is 5.11 Å². The summed E-state index contributed by atoms with van der Waals surface area (Å²) < 4.78 is 17.1. The Labute approximate surface area is 113 Å². The van der Waals surface area contributed by atoms with E-state index in [2.05, 4.69) is 6.92 Å². The molecule has 2 aliphatic rings. The second-order valence-electron chi connectivity index (χ2n) is 5.37.